The van der Waals surface area contributed by atoms with Crippen LogP contribution in [0.3, 0.4) is 0 Å². The second-order valence-corrected chi connectivity index (χ2v) is 5.33. The maximum Gasteiger partial charge on any atom is 0.305 e. The fraction of sp³-hybridized carbons (Fsp3) is 0.846. The van der Waals surface area contributed by atoms with Crippen molar-refractivity contribution in [3.8, 4) is 0 Å². The predicted molar refractivity (Wildman–Crippen MR) is 84.7 cm³/mol. The van der Waals surface area contributed by atoms with Gasteiger partial charge in [0.1, 0.15) is 13.2 Å². The number of ether oxygens (including phenoxy) is 2. The standard InChI is InChI=1S/C13H24O6S2/c14-10(8-20)6-18-12(16)4-2-1-3-5-13(17)19-7-11(15)9-21/h10-11,14-15,20-21H,1-9H2. The summed E-state index contributed by atoms with van der Waals surface area (Å²) in [5, 5.41) is 18.3. The molecule has 0 aromatic heterocycles. The number of hydrogen-bond acceptors (Lipinski definition) is 8. The van der Waals surface area contributed by atoms with E-state index < -0.39 is 12.2 Å². The highest BCUT2D eigenvalue weighted by atomic mass is 32.1. The van der Waals surface area contributed by atoms with E-state index in [0.717, 1.165) is 0 Å². The molecule has 0 rings (SSSR count). The van der Waals surface area contributed by atoms with Crippen molar-refractivity contribution in [1.29, 1.82) is 0 Å². The largest absolute Gasteiger partial charge is 0.463 e. The van der Waals surface area contributed by atoms with E-state index >= 15 is 0 Å². The first-order chi connectivity index (χ1) is 9.99. The van der Waals surface area contributed by atoms with Crippen molar-refractivity contribution in [2.75, 3.05) is 24.7 Å². The van der Waals surface area contributed by atoms with Gasteiger partial charge in [-0.15, -0.1) is 0 Å². The third-order valence-electron chi connectivity index (χ3n) is 2.56. The van der Waals surface area contributed by atoms with Gasteiger partial charge in [-0.25, -0.2) is 0 Å². The Morgan fingerprint density at radius 3 is 1.52 bits per heavy atom. The molecule has 0 saturated carbocycles. The molecular formula is C13H24O6S2. The fourth-order valence-corrected chi connectivity index (χ4v) is 1.55. The number of carbonyl (C=O) groups excluding carboxylic acids is 2. The molecule has 0 aliphatic heterocycles. The van der Waals surface area contributed by atoms with Gasteiger partial charge in [0, 0.05) is 24.3 Å². The Balaban J connectivity index is 3.46. The number of aliphatic hydroxyl groups is 2. The number of esters is 2. The lowest BCUT2D eigenvalue weighted by Crippen LogP contribution is -2.20. The van der Waals surface area contributed by atoms with Crippen LogP contribution < -0.4 is 0 Å². The number of hydrogen-bond donors (Lipinski definition) is 4. The van der Waals surface area contributed by atoms with Crippen molar-refractivity contribution in [2.45, 2.75) is 44.3 Å². The molecule has 0 aromatic rings. The van der Waals surface area contributed by atoms with Crippen molar-refractivity contribution in [1.82, 2.24) is 0 Å². The van der Waals surface area contributed by atoms with Gasteiger partial charge in [0.25, 0.3) is 0 Å². The molecule has 0 aliphatic carbocycles. The van der Waals surface area contributed by atoms with E-state index in [-0.39, 0.29) is 49.5 Å². The first-order valence-electron chi connectivity index (χ1n) is 6.88. The predicted octanol–water partition coefficient (Wildman–Crippen LogP) is 0.605. The zero-order valence-corrected chi connectivity index (χ0v) is 13.7. The van der Waals surface area contributed by atoms with Gasteiger partial charge in [-0.2, -0.15) is 25.3 Å². The van der Waals surface area contributed by atoms with Crippen LogP contribution in [-0.2, 0) is 19.1 Å². The van der Waals surface area contributed by atoms with Crippen LogP contribution in [-0.4, -0.2) is 59.1 Å². The summed E-state index contributed by atoms with van der Waals surface area (Å²) in [5.41, 5.74) is 0. The van der Waals surface area contributed by atoms with E-state index in [4.69, 9.17) is 19.7 Å². The van der Waals surface area contributed by atoms with Crippen LogP contribution in [0.15, 0.2) is 0 Å². The molecule has 0 aromatic carbocycles. The summed E-state index contributed by atoms with van der Waals surface area (Å²) < 4.78 is 9.67. The maximum atomic E-state index is 11.3. The number of thiol groups is 2. The lowest BCUT2D eigenvalue weighted by molar-refractivity contribution is -0.146. The van der Waals surface area contributed by atoms with Gasteiger partial charge in [-0.1, -0.05) is 6.42 Å². The second kappa shape index (κ2) is 13.2. The highest BCUT2D eigenvalue weighted by Crippen LogP contribution is 2.06. The monoisotopic (exact) mass is 340 g/mol. The van der Waals surface area contributed by atoms with E-state index in [0.29, 0.717) is 19.3 Å². The quantitative estimate of drug-likeness (QED) is 0.236. The van der Waals surface area contributed by atoms with Gasteiger partial charge in [0.15, 0.2) is 0 Å². The average molecular weight is 340 g/mol. The Kier molecular flexibility index (Phi) is 13.0. The Hall–Kier alpha value is -0.440. The van der Waals surface area contributed by atoms with E-state index in [1.54, 1.807) is 0 Å². The topological polar surface area (TPSA) is 93.1 Å². The summed E-state index contributed by atoms with van der Waals surface area (Å²) in [6, 6.07) is 0. The zero-order valence-electron chi connectivity index (χ0n) is 11.9. The molecule has 21 heavy (non-hydrogen) atoms. The summed E-state index contributed by atoms with van der Waals surface area (Å²) in [7, 11) is 0. The summed E-state index contributed by atoms with van der Waals surface area (Å²) in [6.45, 7) is -0.0791. The Bertz CT molecular complexity index is 272. The fourth-order valence-electron chi connectivity index (χ4n) is 1.34. The molecule has 6 nitrogen and oxygen atoms in total. The first-order valence-corrected chi connectivity index (χ1v) is 8.15. The van der Waals surface area contributed by atoms with Gasteiger partial charge in [-0.05, 0) is 12.8 Å². The highest BCUT2D eigenvalue weighted by Gasteiger charge is 2.09. The van der Waals surface area contributed by atoms with Crippen molar-refractivity contribution >= 4 is 37.2 Å². The average Bonchev–Trinajstić information content (AvgIpc) is 2.49. The van der Waals surface area contributed by atoms with Crippen LogP contribution in [0.4, 0.5) is 0 Å². The van der Waals surface area contributed by atoms with Crippen molar-refractivity contribution in [3.05, 3.63) is 0 Å². The smallest absolute Gasteiger partial charge is 0.305 e. The minimum absolute atomic E-state index is 0.0396. The van der Waals surface area contributed by atoms with E-state index in [2.05, 4.69) is 25.3 Å². The first kappa shape index (κ1) is 20.6. The Labute approximate surface area is 136 Å². The van der Waals surface area contributed by atoms with Gasteiger partial charge in [0.05, 0.1) is 12.2 Å². The molecule has 0 saturated heterocycles. The highest BCUT2D eigenvalue weighted by molar-refractivity contribution is 7.80. The summed E-state index contributed by atoms with van der Waals surface area (Å²) in [5.74, 6) is -0.236. The minimum Gasteiger partial charge on any atom is -0.463 e. The summed E-state index contributed by atoms with van der Waals surface area (Å²) in [4.78, 5) is 22.6. The van der Waals surface area contributed by atoms with Gasteiger partial charge in [0.2, 0.25) is 0 Å². The van der Waals surface area contributed by atoms with Gasteiger partial charge in [-0.3, -0.25) is 9.59 Å². The molecule has 0 fully saturated rings. The van der Waals surface area contributed by atoms with Crippen LogP contribution in [0.1, 0.15) is 32.1 Å². The Morgan fingerprint density at radius 1 is 0.810 bits per heavy atom. The molecular weight excluding hydrogens is 316 g/mol. The third kappa shape index (κ3) is 13.0. The third-order valence-corrected chi connectivity index (χ3v) is 3.40. The molecule has 0 heterocycles. The number of aliphatic hydroxyl groups excluding tert-OH is 2. The molecule has 124 valence electrons. The zero-order chi connectivity index (χ0) is 16.1. The van der Waals surface area contributed by atoms with Gasteiger partial charge < -0.3 is 19.7 Å². The number of carbonyl (C=O) groups is 2. The van der Waals surface area contributed by atoms with Crippen LogP contribution in [0.25, 0.3) is 0 Å². The molecule has 2 N–H and O–H groups in total. The van der Waals surface area contributed by atoms with Crippen molar-refractivity contribution < 1.29 is 29.3 Å². The van der Waals surface area contributed by atoms with E-state index in [9.17, 15) is 9.59 Å². The van der Waals surface area contributed by atoms with Crippen LogP contribution >= 0.6 is 25.3 Å². The van der Waals surface area contributed by atoms with Crippen LogP contribution in [0, 0.1) is 0 Å². The molecule has 8 heteroatoms. The molecule has 0 aliphatic rings. The van der Waals surface area contributed by atoms with Crippen molar-refractivity contribution in [3.63, 3.8) is 0 Å². The SMILES string of the molecule is O=C(CCCCCC(=O)OCC(O)CS)OCC(O)CS. The van der Waals surface area contributed by atoms with Crippen LogP contribution in [0.2, 0.25) is 0 Å². The van der Waals surface area contributed by atoms with Gasteiger partial charge >= 0.3 is 11.9 Å². The Morgan fingerprint density at radius 2 is 1.19 bits per heavy atom. The molecule has 2 unspecified atom stereocenters. The summed E-state index contributed by atoms with van der Waals surface area (Å²) >= 11 is 7.73. The molecule has 0 radical (unpaired) electrons. The molecule has 0 spiro atoms. The normalized spacial score (nSPS) is 13.5. The molecule has 2 atom stereocenters. The minimum atomic E-state index is -0.736. The lowest BCUT2D eigenvalue weighted by Gasteiger charge is -2.09. The van der Waals surface area contributed by atoms with E-state index in [1.807, 2.05) is 0 Å². The van der Waals surface area contributed by atoms with Crippen LogP contribution in [0.5, 0.6) is 0 Å². The number of unbranched alkanes of at least 4 members (excludes halogenated alkanes) is 2. The maximum absolute atomic E-state index is 11.3. The second-order valence-electron chi connectivity index (χ2n) is 4.60. The molecule has 0 amide bonds. The van der Waals surface area contributed by atoms with E-state index in [1.165, 1.54) is 0 Å². The lowest BCUT2D eigenvalue weighted by atomic mass is 10.1. The molecule has 0 bridgehead atoms. The van der Waals surface area contributed by atoms with Crippen molar-refractivity contribution in [2.24, 2.45) is 0 Å². The number of rotatable bonds is 12. The summed E-state index contributed by atoms with van der Waals surface area (Å²) in [6.07, 6.45) is 0.970.